The molecule has 0 aromatic heterocycles. The predicted octanol–water partition coefficient (Wildman–Crippen LogP) is 7.12. The topological polar surface area (TPSA) is 27.0 Å². The van der Waals surface area contributed by atoms with Gasteiger partial charge >= 0.3 is 33.5 Å². The second-order valence-corrected chi connectivity index (χ2v) is 8.88. The average molecular weight is 414 g/mol. The number of hydrogen-bond acceptors (Lipinski definition) is 1. The monoisotopic (exact) mass is 413 g/mol. The number of benzene rings is 1. The molecule has 2 nitrogen and oxygen atoms in total. The van der Waals surface area contributed by atoms with E-state index >= 15 is 0 Å². The van der Waals surface area contributed by atoms with Crippen LogP contribution in [0.4, 0.5) is 0 Å². The first-order valence-corrected chi connectivity index (χ1v) is 11.7. The molecule has 0 spiro atoms. The summed E-state index contributed by atoms with van der Waals surface area (Å²) in [6.07, 6.45) is 14.5. The molecule has 133 valence electrons. The molecular formula is C20H23Cl2CrN2. The minimum absolute atomic E-state index is 0.130. The molecule has 1 aromatic rings. The van der Waals surface area contributed by atoms with Crippen molar-refractivity contribution in [2.45, 2.75) is 26.7 Å². The van der Waals surface area contributed by atoms with Gasteiger partial charge in [-0.05, 0) is 29.2 Å². The molecule has 1 aliphatic carbocycles. The van der Waals surface area contributed by atoms with Gasteiger partial charge in [-0.1, -0.05) is 74.6 Å². The molecule has 0 fully saturated rings. The SMILES string of the molecule is CC(C)(CC(=C1CC=CN1[NH-])c1ccccc1)C1C=CC=C1.[Cl][Cr+][Cl]. The molecular weight excluding hydrogens is 391 g/mol. The molecule has 0 unspecified atom stereocenters. The molecule has 25 heavy (non-hydrogen) atoms. The summed E-state index contributed by atoms with van der Waals surface area (Å²) in [5, 5.41) is 1.53. The summed E-state index contributed by atoms with van der Waals surface area (Å²) in [4.78, 5) is 0. The Morgan fingerprint density at radius 2 is 1.80 bits per heavy atom. The zero-order valence-corrected chi connectivity index (χ0v) is 17.2. The van der Waals surface area contributed by atoms with E-state index in [-0.39, 0.29) is 18.8 Å². The van der Waals surface area contributed by atoms with Crippen molar-refractivity contribution in [3.63, 3.8) is 0 Å². The van der Waals surface area contributed by atoms with Gasteiger partial charge in [0.25, 0.3) is 0 Å². The molecule has 5 heteroatoms. The number of halogens is 2. The van der Waals surface area contributed by atoms with E-state index in [2.05, 4.69) is 68.5 Å². The van der Waals surface area contributed by atoms with Gasteiger partial charge in [-0.2, -0.15) is 0 Å². The van der Waals surface area contributed by atoms with Crippen LogP contribution in [0.5, 0.6) is 0 Å². The number of nitrogens with zero attached hydrogens (tertiary/aromatic N) is 1. The van der Waals surface area contributed by atoms with Crippen molar-refractivity contribution < 1.29 is 13.4 Å². The van der Waals surface area contributed by atoms with E-state index in [1.807, 2.05) is 12.3 Å². The Balaban J connectivity index is 0.000000701. The summed E-state index contributed by atoms with van der Waals surface area (Å²) >= 11 is -0.181. The maximum absolute atomic E-state index is 8.15. The van der Waals surface area contributed by atoms with Crippen molar-refractivity contribution in [3.8, 4) is 0 Å². The average Bonchev–Trinajstić information content (AvgIpc) is 3.26. The summed E-state index contributed by atoms with van der Waals surface area (Å²) in [5.74, 6) is 8.61. The molecule has 0 saturated heterocycles. The Bertz CT molecular complexity index is 666. The molecule has 1 N–H and O–H groups in total. The van der Waals surface area contributed by atoms with Crippen molar-refractivity contribution in [1.82, 2.24) is 5.01 Å². The normalized spacial score (nSPS) is 18.4. The summed E-state index contributed by atoms with van der Waals surface area (Å²) in [6.45, 7) is 4.63. The van der Waals surface area contributed by atoms with Gasteiger partial charge in [0.15, 0.2) is 0 Å². The summed E-state index contributed by atoms with van der Waals surface area (Å²) < 4.78 is 0. The fraction of sp³-hybridized carbons (Fsp3) is 0.300. The summed E-state index contributed by atoms with van der Waals surface area (Å²) in [6, 6.07) is 10.5. The minimum atomic E-state index is -0.181. The van der Waals surface area contributed by atoms with Crippen LogP contribution in [0.3, 0.4) is 0 Å². The van der Waals surface area contributed by atoms with E-state index in [0.717, 1.165) is 18.5 Å². The molecule has 0 saturated carbocycles. The molecule has 0 radical (unpaired) electrons. The van der Waals surface area contributed by atoms with E-state index in [0.29, 0.717) is 5.92 Å². The maximum atomic E-state index is 8.15. The number of allylic oxidation sites excluding steroid dienone is 6. The Morgan fingerprint density at radius 3 is 2.32 bits per heavy atom. The van der Waals surface area contributed by atoms with E-state index < -0.39 is 0 Å². The van der Waals surface area contributed by atoms with Crippen molar-refractivity contribution in [1.29, 1.82) is 0 Å². The zero-order chi connectivity index (χ0) is 18.3. The van der Waals surface area contributed by atoms with Crippen molar-refractivity contribution in [3.05, 3.63) is 84.0 Å². The van der Waals surface area contributed by atoms with Crippen LogP contribution in [0, 0.1) is 11.3 Å². The van der Waals surface area contributed by atoms with Crippen LogP contribution in [0.2, 0.25) is 0 Å². The van der Waals surface area contributed by atoms with Crippen LogP contribution < -0.4 is 0 Å². The van der Waals surface area contributed by atoms with Gasteiger partial charge in [-0.25, -0.2) is 0 Å². The first kappa shape index (κ1) is 20.4. The van der Waals surface area contributed by atoms with Crippen LogP contribution in [-0.4, -0.2) is 5.01 Å². The summed E-state index contributed by atoms with van der Waals surface area (Å²) in [5.41, 5.74) is 3.76. The predicted molar refractivity (Wildman–Crippen MR) is 105 cm³/mol. The van der Waals surface area contributed by atoms with Crippen LogP contribution in [-0.2, 0) is 13.4 Å². The van der Waals surface area contributed by atoms with Crippen molar-refractivity contribution in [2.24, 2.45) is 11.3 Å². The van der Waals surface area contributed by atoms with Crippen LogP contribution in [0.1, 0.15) is 32.3 Å². The van der Waals surface area contributed by atoms with Gasteiger partial charge in [0.1, 0.15) is 0 Å². The van der Waals surface area contributed by atoms with Gasteiger partial charge in [-0.15, -0.1) is 0 Å². The molecule has 0 bridgehead atoms. The number of hydrogen-bond donors (Lipinski definition) is 0. The van der Waals surface area contributed by atoms with E-state index in [1.54, 1.807) is 0 Å². The molecule has 0 atom stereocenters. The number of nitrogens with one attached hydrogen (secondary N) is 1. The third-order valence-electron chi connectivity index (χ3n) is 4.61. The third-order valence-corrected chi connectivity index (χ3v) is 4.61. The zero-order valence-electron chi connectivity index (χ0n) is 14.5. The van der Waals surface area contributed by atoms with Crippen molar-refractivity contribution in [2.75, 3.05) is 0 Å². The van der Waals surface area contributed by atoms with Crippen LogP contribution >= 0.6 is 20.1 Å². The van der Waals surface area contributed by atoms with E-state index in [9.17, 15) is 0 Å². The first-order valence-electron chi connectivity index (χ1n) is 8.18. The van der Waals surface area contributed by atoms with Gasteiger partial charge in [0.05, 0.1) is 0 Å². The Kier molecular flexibility index (Phi) is 7.88. The molecule has 3 rings (SSSR count). The fourth-order valence-electron chi connectivity index (χ4n) is 3.26. The summed E-state index contributed by atoms with van der Waals surface area (Å²) in [7, 11) is 9.65. The van der Waals surface area contributed by atoms with Crippen molar-refractivity contribution >= 4 is 25.7 Å². The van der Waals surface area contributed by atoms with Crippen LogP contribution in [0.15, 0.2) is 72.6 Å². The van der Waals surface area contributed by atoms with Crippen LogP contribution in [0.25, 0.3) is 11.4 Å². The third kappa shape index (κ3) is 5.51. The standard InChI is InChI=1S/C20H23N2.2ClH.Cr/c1-20(2,17-11-6-7-12-17)15-18(16-9-4-3-5-10-16)19-13-8-14-22(19)21;;;/h3-12,14,17,21H,13,15H2,1-2H3;2*1H;/q-1;;;+3/p-2. The van der Waals surface area contributed by atoms with E-state index in [4.69, 9.17) is 25.9 Å². The fourth-order valence-corrected chi connectivity index (χ4v) is 3.26. The second kappa shape index (κ2) is 9.67. The van der Waals surface area contributed by atoms with Gasteiger partial charge < -0.3 is 10.9 Å². The molecule has 0 amide bonds. The Morgan fingerprint density at radius 1 is 1.20 bits per heavy atom. The Hall–Kier alpha value is -0.948. The molecule has 1 aliphatic heterocycles. The van der Waals surface area contributed by atoms with Gasteiger partial charge in [0, 0.05) is 18.0 Å². The van der Waals surface area contributed by atoms with Gasteiger partial charge in [0.2, 0.25) is 0 Å². The van der Waals surface area contributed by atoms with Gasteiger partial charge in [-0.3, -0.25) is 0 Å². The molecule has 2 aliphatic rings. The molecule has 1 aromatic carbocycles. The van der Waals surface area contributed by atoms with E-state index in [1.165, 1.54) is 16.1 Å². The second-order valence-electron chi connectivity index (χ2n) is 6.77. The Labute approximate surface area is 165 Å². The quantitative estimate of drug-likeness (QED) is 0.515. The molecule has 1 heterocycles. The number of rotatable bonds is 4. The first-order chi connectivity index (χ1) is 12.0.